The Kier molecular flexibility index (Phi) is 1.50. The molecule has 12 heavy (non-hydrogen) atoms. The third-order valence-electron chi connectivity index (χ3n) is 1.89. The highest BCUT2D eigenvalue weighted by Gasteiger charge is 2.20. The smallest absolute Gasteiger partial charge is 0.264 e. The van der Waals surface area contributed by atoms with Crippen LogP contribution in [-0.4, -0.2) is 19.6 Å². The number of carbonyl (C=O) groups excluding carboxylic acids is 1. The minimum Gasteiger partial charge on any atom is -0.482 e. The maximum Gasteiger partial charge on any atom is 0.264 e. The molecule has 1 aliphatic rings. The van der Waals surface area contributed by atoms with Gasteiger partial charge in [-0.1, -0.05) is 6.07 Å². The number of ether oxygens (including phenoxy) is 1. The van der Waals surface area contributed by atoms with Gasteiger partial charge in [-0.25, -0.2) is 0 Å². The van der Waals surface area contributed by atoms with Gasteiger partial charge in [0, 0.05) is 7.05 Å². The van der Waals surface area contributed by atoms with E-state index in [2.05, 4.69) is 6.07 Å². The summed E-state index contributed by atoms with van der Waals surface area (Å²) in [5.41, 5.74) is 0.786. The molecule has 1 radical (unpaired) electrons. The Morgan fingerprint density at radius 2 is 2.50 bits per heavy atom. The molecule has 0 spiro atoms. The number of nitrogens with zero attached hydrogens (tertiary/aromatic N) is 1. The van der Waals surface area contributed by atoms with Crippen LogP contribution >= 0.6 is 0 Å². The molecule has 0 aromatic heterocycles. The fourth-order valence-electron chi connectivity index (χ4n) is 1.16. The zero-order chi connectivity index (χ0) is 8.55. The Bertz CT molecular complexity index is 322. The molecule has 3 nitrogen and oxygen atoms in total. The lowest BCUT2D eigenvalue weighted by atomic mass is 10.2. The normalized spacial score (nSPS) is 15.4. The van der Waals surface area contributed by atoms with E-state index in [9.17, 15) is 4.79 Å². The monoisotopic (exact) mass is 162 g/mol. The standard InChI is InChI=1S/C9H8NO2/c1-10-7-4-2-3-5-8(7)12-6-9(10)11/h3-5H,6H2,1H3. The fraction of sp³-hybridized carbons (Fsp3) is 0.222. The minimum atomic E-state index is -0.0258. The molecular weight excluding hydrogens is 154 g/mol. The van der Waals surface area contributed by atoms with Crippen LogP contribution in [0.4, 0.5) is 5.69 Å². The summed E-state index contributed by atoms with van der Waals surface area (Å²) in [6.45, 7) is 0.132. The van der Waals surface area contributed by atoms with Gasteiger partial charge in [0.1, 0.15) is 5.75 Å². The quantitative estimate of drug-likeness (QED) is 0.565. The Morgan fingerprint density at radius 1 is 1.67 bits per heavy atom. The molecule has 0 fully saturated rings. The van der Waals surface area contributed by atoms with E-state index in [1.165, 1.54) is 0 Å². The van der Waals surface area contributed by atoms with Crippen molar-refractivity contribution in [3.8, 4) is 5.75 Å². The summed E-state index contributed by atoms with van der Waals surface area (Å²) in [6.07, 6.45) is 0. The van der Waals surface area contributed by atoms with E-state index in [-0.39, 0.29) is 12.5 Å². The van der Waals surface area contributed by atoms with Crippen molar-refractivity contribution in [1.82, 2.24) is 0 Å². The molecule has 1 aliphatic heterocycles. The zero-order valence-electron chi connectivity index (χ0n) is 6.70. The minimum absolute atomic E-state index is 0.0258. The van der Waals surface area contributed by atoms with Crippen LogP contribution < -0.4 is 9.64 Å². The molecule has 0 saturated carbocycles. The number of rotatable bonds is 0. The molecule has 0 unspecified atom stereocenters. The van der Waals surface area contributed by atoms with E-state index in [1.54, 1.807) is 30.1 Å². The van der Waals surface area contributed by atoms with E-state index >= 15 is 0 Å². The highest BCUT2D eigenvalue weighted by molar-refractivity contribution is 5.97. The second-order valence-corrected chi connectivity index (χ2v) is 2.64. The number of amides is 1. The Hall–Kier alpha value is -1.51. The first-order chi connectivity index (χ1) is 5.79. The van der Waals surface area contributed by atoms with Crippen molar-refractivity contribution in [2.24, 2.45) is 0 Å². The van der Waals surface area contributed by atoms with Crippen LogP contribution in [0.3, 0.4) is 0 Å². The average Bonchev–Trinajstić information content (AvgIpc) is 2.12. The Labute approximate surface area is 70.6 Å². The second kappa shape index (κ2) is 2.52. The molecular formula is C9H8NO2. The first-order valence-electron chi connectivity index (χ1n) is 3.68. The van der Waals surface area contributed by atoms with Crippen molar-refractivity contribution in [3.05, 3.63) is 24.3 Å². The average molecular weight is 162 g/mol. The van der Waals surface area contributed by atoms with Crippen molar-refractivity contribution >= 4 is 11.6 Å². The maximum atomic E-state index is 11.1. The SMILES string of the molecule is CN1C(=O)COc2cc[c]cc21. The molecule has 3 heteroatoms. The van der Waals surface area contributed by atoms with E-state index in [4.69, 9.17) is 4.74 Å². The molecule has 0 saturated heterocycles. The lowest BCUT2D eigenvalue weighted by Crippen LogP contribution is -2.35. The van der Waals surface area contributed by atoms with Crippen molar-refractivity contribution in [3.63, 3.8) is 0 Å². The number of carbonyl (C=O) groups is 1. The van der Waals surface area contributed by atoms with Gasteiger partial charge in [0.05, 0.1) is 5.69 Å². The van der Waals surface area contributed by atoms with Gasteiger partial charge in [-0.2, -0.15) is 0 Å². The maximum absolute atomic E-state index is 11.1. The molecule has 0 bridgehead atoms. The first-order valence-corrected chi connectivity index (χ1v) is 3.68. The number of likely N-dealkylation sites (N-methyl/N-ethyl adjacent to an activating group) is 1. The second-order valence-electron chi connectivity index (χ2n) is 2.64. The summed E-state index contributed by atoms with van der Waals surface area (Å²) in [5, 5.41) is 0. The molecule has 61 valence electrons. The van der Waals surface area contributed by atoms with E-state index in [1.807, 2.05) is 0 Å². The van der Waals surface area contributed by atoms with Crippen LogP contribution in [0.15, 0.2) is 18.2 Å². The molecule has 1 aromatic carbocycles. The van der Waals surface area contributed by atoms with Crippen molar-refractivity contribution < 1.29 is 9.53 Å². The van der Waals surface area contributed by atoms with Crippen molar-refractivity contribution in [2.45, 2.75) is 0 Å². The summed E-state index contributed by atoms with van der Waals surface area (Å²) in [5.74, 6) is 0.720. The Balaban J connectivity index is 2.48. The molecule has 1 heterocycles. The van der Waals surface area contributed by atoms with Gasteiger partial charge in [0.25, 0.3) is 5.91 Å². The van der Waals surface area contributed by atoms with Gasteiger partial charge < -0.3 is 9.64 Å². The van der Waals surface area contributed by atoms with E-state index < -0.39 is 0 Å². The number of hydrogen-bond donors (Lipinski definition) is 0. The van der Waals surface area contributed by atoms with Gasteiger partial charge in [0.15, 0.2) is 6.61 Å². The number of hydrogen-bond acceptors (Lipinski definition) is 2. The highest BCUT2D eigenvalue weighted by atomic mass is 16.5. The van der Waals surface area contributed by atoms with E-state index in [0.717, 1.165) is 11.4 Å². The number of fused-ring (bicyclic) bond motifs is 1. The molecule has 0 atom stereocenters. The van der Waals surface area contributed by atoms with Gasteiger partial charge in [0.2, 0.25) is 0 Å². The number of benzene rings is 1. The molecule has 1 amide bonds. The molecule has 2 rings (SSSR count). The molecule has 0 N–H and O–H groups in total. The van der Waals surface area contributed by atoms with Crippen LogP contribution in [0, 0.1) is 6.07 Å². The third kappa shape index (κ3) is 0.942. The fourth-order valence-corrected chi connectivity index (χ4v) is 1.16. The number of anilines is 1. The van der Waals surface area contributed by atoms with E-state index in [0.29, 0.717) is 0 Å². The summed E-state index contributed by atoms with van der Waals surface area (Å²) in [7, 11) is 1.73. The third-order valence-corrected chi connectivity index (χ3v) is 1.89. The largest absolute Gasteiger partial charge is 0.482 e. The van der Waals surface area contributed by atoms with Crippen LogP contribution in [0.25, 0.3) is 0 Å². The van der Waals surface area contributed by atoms with Crippen LogP contribution in [0.1, 0.15) is 0 Å². The van der Waals surface area contributed by atoms with Crippen molar-refractivity contribution in [1.29, 1.82) is 0 Å². The highest BCUT2D eigenvalue weighted by Crippen LogP contribution is 2.29. The summed E-state index contributed by atoms with van der Waals surface area (Å²) >= 11 is 0. The van der Waals surface area contributed by atoms with Crippen LogP contribution in [0.2, 0.25) is 0 Å². The summed E-state index contributed by atoms with van der Waals surface area (Å²) < 4.78 is 5.19. The summed E-state index contributed by atoms with van der Waals surface area (Å²) in [6, 6.07) is 8.21. The molecule has 1 aromatic rings. The van der Waals surface area contributed by atoms with Gasteiger partial charge >= 0.3 is 0 Å². The summed E-state index contributed by atoms with van der Waals surface area (Å²) in [4.78, 5) is 12.7. The van der Waals surface area contributed by atoms with Crippen molar-refractivity contribution in [2.75, 3.05) is 18.6 Å². The first kappa shape index (κ1) is 7.16. The zero-order valence-corrected chi connectivity index (χ0v) is 6.70. The predicted molar refractivity (Wildman–Crippen MR) is 44.2 cm³/mol. The van der Waals surface area contributed by atoms with Crippen LogP contribution in [0.5, 0.6) is 5.75 Å². The lowest BCUT2D eigenvalue weighted by Gasteiger charge is -2.25. The Morgan fingerprint density at radius 3 is 3.33 bits per heavy atom. The van der Waals surface area contributed by atoms with Crippen LogP contribution in [-0.2, 0) is 4.79 Å². The lowest BCUT2D eigenvalue weighted by molar-refractivity contribution is -0.120. The van der Waals surface area contributed by atoms with Gasteiger partial charge in [-0.15, -0.1) is 0 Å². The molecule has 0 aliphatic carbocycles. The van der Waals surface area contributed by atoms with Gasteiger partial charge in [-0.3, -0.25) is 4.79 Å². The van der Waals surface area contributed by atoms with Gasteiger partial charge in [-0.05, 0) is 18.2 Å². The predicted octanol–water partition coefficient (Wildman–Crippen LogP) is 0.842. The topological polar surface area (TPSA) is 29.5 Å².